The third-order valence-corrected chi connectivity index (χ3v) is 13.1. The van der Waals surface area contributed by atoms with Crippen LogP contribution in [0.2, 0.25) is 0 Å². The van der Waals surface area contributed by atoms with Gasteiger partial charge in [-0.15, -0.1) is 0 Å². The van der Waals surface area contributed by atoms with Gasteiger partial charge in [0.25, 0.3) is 11.8 Å². The lowest BCUT2D eigenvalue weighted by Crippen LogP contribution is -2.39. The number of carbonyl (C=O) groups excluding carboxylic acids is 5. The van der Waals surface area contributed by atoms with E-state index in [2.05, 4.69) is 23.1 Å². The van der Waals surface area contributed by atoms with E-state index in [0.717, 1.165) is 52.2 Å². The van der Waals surface area contributed by atoms with E-state index in [1.807, 2.05) is 84.4 Å². The van der Waals surface area contributed by atoms with Crippen molar-refractivity contribution in [1.82, 2.24) is 0 Å². The molecule has 350 valence electrons. The number of methoxy groups -OCH3 is 2. The van der Waals surface area contributed by atoms with Crippen LogP contribution in [-0.2, 0) is 45.2 Å². The number of hydrogen-bond acceptors (Lipinski definition) is 13. The van der Waals surface area contributed by atoms with E-state index in [0.29, 0.717) is 65.0 Å². The second-order valence-corrected chi connectivity index (χ2v) is 17.5. The average molecular weight is 920 g/mol. The van der Waals surface area contributed by atoms with Crippen molar-refractivity contribution in [2.45, 2.75) is 76.9 Å². The molecule has 68 heavy (non-hydrogen) atoms. The minimum Gasteiger partial charge on any atom is -0.493 e. The molecule has 15 heteroatoms. The Kier molecular flexibility index (Phi) is 12.9. The molecular formula is C53H53N5O10. The van der Waals surface area contributed by atoms with Gasteiger partial charge in [0.1, 0.15) is 13.2 Å². The summed E-state index contributed by atoms with van der Waals surface area (Å²) in [7, 11) is 4.94. The molecule has 4 aliphatic rings. The average Bonchev–Trinajstić information content (AvgIpc) is 3.98. The molecule has 5 aromatic rings. The van der Waals surface area contributed by atoms with Gasteiger partial charge in [0.05, 0.1) is 42.8 Å². The summed E-state index contributed by atoms with van der Waals surface area (Å²) in [5, 5.41) is 3.49. The third-order valence-electron chi connectivity index (χ3n) is 13.1. The van der Waals surface area contributed by atoms with Gasteiger partial charge in [0, 0.05) is 74.6 Å². The van der Waals surface area contributed by atoms with Gasteiger partial charge in [-0.25, -0.2) is 0 Å². The van der Waals surface area contributed by atoms with Crippen molar-refractivity contribution in [3.8, 4) is 23.0 Å². The topological polar surface area (TPSA) is 166 Å². The second kappa shape index (κ2) is 19.3. The molecule has 3 heterocycles. The predicted octanol–water partition coefficient (Wildman–Crippen LogP) is 7.84. The SMILES string of the molecule is C=Nc1cc(OCc2cc(COc3cc4c(cc3OC)C(=O)N3c5ccccc5C[C@H]3CN4)cc(N(C)CCCC(=O)OC3C(=O)CCC3=O)c2)c(OC)cc1C(=O)N1c2ccccc2C[C@H]1C. The van der Waals surface area contributed by atoms with Crippen LogP contribution in [0.4, 0.5) is 28.4 Å². The molecule has 0 saturated heterocycles. The molecule has 2 atom stereocenters. The van der Waals surface area contributed by atoms with E-state index in [1.165, 1.54) is 14.2 Å². The predicted molar refractivity (Wildman–Crippen MR) is 258 cm³/mol. The molecular weight excluding hydrogens is 867 g/mol. The van der Waals surface area contributed by atoms with Gasteiger partial charge in [-0.3, -0.25) is 29.0 Å². The molecule has 1 aliphatic carbocycles. The fourth-order valence-electron chi connectivity index (χ4n) is 9.59. The monoisotopic (exact) mass is 919 g/mol. The van der Waals surface area contributed by atoms with Crippen LogP contribution in [0.25, 0.3) is 0 Å². The number of aliphatic imine (C=N–C) groups is 1. The number of fused-ring (bicyclic) bond motifs is 5. The summed E-state index contributed by atoms with van der Waals surface area (Å²) in [5.41, 5.74) is 8.18. The van der Waals surface area contributed by atoms with E-state index in [1.54, 1.807) is 29.2 Å². The van der Waals surface area contributed by atoms with Gasteiger partial charge in [-0.2, -0.15) is 0 Å². The number of carbonyl (C=O) groups is 5. The molecule has 9 rings (SSSR count). The number of nitrogens with one attached hydrogen (secondary N) is 1. The van der Waals surface area contributed by atoms with Gasteiger partial charge in [-0.1, -0.05) is 36.4 Å². The second-order valence-electron chi connectivity index (χ2n) is 17.5. The summed E-state index contributed by atoms with van der Waals surface area (Å²) in [6, 6.07) is 28.5. The van der Waals surface area contributed by atoms with E-state index in [-0.39, 0.29) is 67.9 Å². The first-order valence-corrected chi connectivity index (χ1v) is 22.8. The van der Waals surface area contributed by atoms with E-state index >= 15 is 0 Å². The van der Waals surface area contributed by atoms with Crippen LogP contribution >= 0.6 is 0 Å². The minimum atomic E-state index is -1.30. The highest BCUT2D eigenvalue weighted by atomic mass is 16.6. The molecule has 0 unspecified atom stereocenters. The molecule has 0 spiro atoms. The molecule has 1 saturated carbocycles. The number of ketones is 2. The first-order chi connectivity index (χ1) is 32.9. The summed E-state index contributed by atoms with van der Waals surface area (Å²) in [6.45, 7) is 6.97. The lowest BCUT2D eigenvalue weighted by atomic mass is 10.1. The van der Waals surface area contributed by atoms with Crippen molar-refractivity contribution >= 4 is 64.5 Å². The van der Waals surface area contributed by atoms with Crippen molar-refractivity contribution in [2.75, 3.05) is 54.4 Å². The van der Waals surface area contributed by atoms with Gasteiger partial charge < -0.3 is 43.7 Å². The van der Waals surface area contributed by atoms with Gasteiger partial charge >= 0.3 is 5.97 Å². The smallest absolute Gasteiger partial charge is 0.307 e. The molecule has 15 nitrogen and oxygen atoms in total. The normalized spacial score (nSPS) is 17.1. The summed E-state index contributed by atoms with van der Waals surface area (Å²) in [4.78, 5) is 74.9. The Morgan fingerprint density at radius 1 is 0.794 bits per heavy atom. The number of Topliss-reactive ketones (excluding diaryl/α,β-unsaturated/α-hetero) is 2. The van der Waals surface area contributed by atoms with Crippen molar-refractivity contribution in [3.05, 3.63) is 124 Å². The summed E-state index contributed by atoms with van der Waals surface area (Å²) in [6.07, 6.45) is 0.778. The van der Waals surface area contributed by atoms with E-state index in [4.69, 9.17) is 23.7 Å². The van der Waals surface area contributed by atoms with Crippen molar-refractivity contribution in [2.24, 2.45) is 4.99 Å². The standard InChI is InChI=1S/C53H53N5O10/c1-31-19-34-11-6-8-13-42(34)57(31)52(62)38-24-46(64-4)48(26-40(38)54-2)66-29-32-20-33(22-36(21-32)56(3)18-10-15-50(61)68-51-44(59)16-17-45(51)60)30-67-49-27-41-39(25-47(49)65-5)53(63)58-37(28-55-41)23-35-12-7-9-14-43(35)58/h6-9,11-14,20-22,24-27,31,37,51,55H,2,10,15-19,23,28-30H2,1,3-5H3/t31-,37+/m1/s1. The molecule has 1 fully saturated rings. The van der Waals surface area contributed by atoms with Crippen LogP contribution in [0.3, 0.4) is 0 Å². The van der Waals surface area contributed by atoms with Crippen molar-refractivity contribution < 1.29 is 47.7 Å². The summed E-state index contributed by atoms with van der Waals surface area (Å²) < 4.78 is 29.7. The highest BCUT2D eigenvalue weighted by molar-refractivity contribution is 6.13. The maximum Gasteiger partial charge on any atom is 0.307 e. The highest BCUT2D eigenvalue weighted by Gasteiger charge is 2.39. The number of ether oxygens (including phenoxy) is 5. The van der Waals surface area contributed by atoms with Gasteiger partial charge in [0.15, 0.2) is 34.6 Å². The van der Waals surface area contributed by atoms with Crippen LogP contribution in [0.1, 0.15) is 75.6 Å². The zero-order valence-corrected chi connectivity index (χ0v) is 38.5. The first kappa shape index (κ1) is 45.5. The molecule has 0 aromatic heterocycles. The van der Waals surface area contributed by atoms with Crippen LogP contribution in [-0.4, -0.2) is 88.6 Å². The van der Waals surface area contributed by atoms with E-state index < -0.39 is 12.1 Å². The zero-order valence-electron chi connectivity index (χ0n) is 38.5. The third kappa shape index (κ3) is 8.95. The number of para-hydroxylation sites is 2. The Bertz CT molecular complexity index is 2830. The Morgan fingerprint density at radius 2 is 1.43 bits per heavy atom. The molecule has 2 amide bonds. The molecule has 5 aromatic carbocycles. The number of benzene rings is 5. The van der Waals surface area contributed by atoms with Crippen molar-refractivity contribution in [3.63, 3.8) is 0 Å². The quantitative estimate of drug-likeness (QED) is 0.0580. The van der Waals surface area contributed by atoms with Gasteiger partial charge in [-0.05, 0) is 97.6 Å². The lowest BCUT2D eigenvalue weighted by Gasteiger charge is -2.24. The molecule has 0 bridgehead atoms. The number of rotatable bonds is 16. The van der Waals surface area contributed by atoms with Gasteiger partial charge in [0.2, 0.25) is 6.10 Å². The molecule has 0 radical (unpaired) electrons. The number of amides is 2. The fraction of sp³-hybridized carbons (Fsp3) is 0.321. The largest absolute Gasteiger partial charge is 0.493 e. The van der Waals surface area contributed by atoms with E-state index in [9.17, 15) is 24.0 Å². The summed E-state index contributed by atoms with van der Waals surface area (Å²) in [5.74, 6) is -0.115. The molecule has 3 aliphatic heterocycles. The zero-order chi connectivity index (χ0) is 47.6. The molecule has 1 N–H and O–H groups in total. The van der Waals surface area contributed by atoms with Crippen LogP contribution in [0.5, 0.6) is 23.0 Å². The van der Waals surface area contributed by atoms with Crippen molar-refractivity contribution in [1.29, 1.82) is 0 Å². The highest BCUT2D eigenvalue weighted by Crippen LogP contribution is 2.42. The first-order valence-electron chi connectivity index (χ1n) is 22.8. The Hall–Kier alpha value is -7.68. The summed E-state index contributed by atoms with van der Waals surface area (Å²) >= 11 is 0. The van der Waals surface area contributed by atoms with Crippen LogP contribution in [0, 0.1) is 0 Å². The number of esters is 1. The minimum absolute atomic E-state index is 0.0149. The number of anilines is 4. The maximum atomic E-state index is 14.1. The Balaban J connectivity index is 0.955. The fourth-order valence-corrected chi connectivity index (χ4v) is 9.59. The maximum absolute atomic E-state index is 14.1. The van der Waals surface area contributed by atoms with Crippen LogP contribution in [0.15, 0.2) is 96.0 Å². The number of nitrogens with zero attached hydrogens (tertiary/aromatic N) is 4. The Morgan fingerprint density at radius 3 is 2.10 bits per heavy atom. The van der Waals surface area contributed by atoms with Crippen LogP contribution < -0.4 is 39.0 Å². The number of hydrogen-bond donors (Lipinski definition) is 1. The lowest BCUT2D eigenvalue weighted by molar-refractivity contribution is -0.157. The Labute approximate surface area is 394 Å².